The van der Waals surface area contributed by atoms with Crippen LogP contribution in [-0.4, -0.2) is 21.2 Å². The standard InChI is InChI=1S/C10H12N8OS/c1-7-13-14-10(20)18(7)9-4-2-8(3-5-9)15-19-6-12-17-16-11/h2-6,15H,1H3,(H2,11,17)(H,14,20). The first-order valence-corrected chi connectivity index (χ1v) is 5.91. The van der Waals surface area contributed by atoms with Gasteiger partial charge in [-0.15, -0.1) is 0 Å². The van der Waals surface area contributed by atoms with Gasteiger partial charge in [0.25, 0.3) is 0 Å². The van der Waals surface area contributed by atoms with E-state index in [0.29, 0.717) is 4.77 Å². The van der Waals surface area contributed by atoms with Gasteiger partial charge in [0.15, 0.2) is 4.77 Å². The number of rotatable bonds is 5. The highest BCUT2D eigenvalue weighted by Crippen LogP contribution is 2.14. The first-order valence-electron chi connectivity index (χ1n) is 5.50. The molecule has 0 aliphatic carbocycles. The summed E-state index contributed by atoms with van der Waals surface area (Å²) in [6.07, 6.45) is 1.07. The Bertz CT molecular complexity index is 671. The second kappa shape index (κ2) is 6.43. The maximum Gasteiger partial charge on any atom is 0.230 e. The molecule has 1 aromatic carbocycles. The molecule has 0 aliphatic heterocycles. The normalized spacial score (nSPS) is 11.2. The van der Waals surface area contributed by atoms with Gasteiger partial charge in [-0.05, 0) is 48.6 Å². The Hall–Kier alpha value is -2.75. The van der Waals surface area contributed by atoms with Gasteiger partial charge in [-0.3, -0.25) is 9.67 Å². The van der Waals surface area contributed by atoms with E-state index in [-0.39, 0.29) is 0 Å². The molecule has 0 atom stereocenters. The summed E-state index contributed by atoms with van der Waals surface area (Å²) < 4.78 is 2.36. The van der Waals surface area contributed by atoms with Crippen LogP contribution in [0, 0.1) is 11.7 Å². The zero-order chi connectivity index (χ0) is 14.4. The van der Waals surface area contributed by atoms with Crippen molar-refractivity contribution in [3.05, 3.63) is 34.9 Å². The van der Waals surface area contributed by atoms with Gasteiger partial charge in [-0.25, -0.2) is 5.48 Å². The number of aryl methyl sites for hydroxylation is 1. The van der Waals surface area contributed by atoms with E-state index in [1.807, 2.05) is 35.8 Å². The highest BCUT2D eigenvalue weighted by molar-refractivity contribution is 7.71. The summed E-state index contributed by atoms with van der Waals surface area (Å²) in [6.45, 7) is 1.87. The van der Waals surface area contributed by atoms with E-state index in [0.717, 1.165) is 23.6 Å². The number of hydrogen-bond acceptors (Lipinski definition) is 6. The maximum absolute atomic E-state index is 5.16. The van der Waals surface area contributed by atoms with Gasteiger partial charge in [0.05, 0.1) is 5.69 Å². The fourth-order valence-corrected chi connectivity index (χ4v) is 1.81. The predicted molar refractivity (Wildman–Crippen MR) is 75.7 cm³/mol. The number of aromatic nitrogens is 3. The number of nitrogens with zero attached hydrogens (tertiary/aromatic N) is 5. The minimum Gasteiger partial charge on any atom is -0.368 e. The van der Waals surface area contributed by atoms with Crippen molar-refractivity contribution >= 4 is 24.3 Å². The number of benzene rings is 1. The van der Waals surface area contributed by atoms with Gasteiger partial charge in [0, 0.05) is 5.69 Å². The van der Waals surface area contributed by atoms with Crippen molar-refractivity contribution in [1.82, 2.24) is 14.8 Å². The first kappa shape index (κ1) is 13.7. The molecule has 0 aliphatic rings. The zero-order valence-electron chi connectivity index (χ0n) is 10.5. The highest BCUT2D eigenvalue weighted by atomic mass is 32.1. The number of nitrogens with one attached hydrogen (secondary N) is 2. The monoisotopic (exact) mass is 292 g/mol. The topological polar surface area (TPSA) is 118 Å². The fraction of sp³-hybridized carbons (Fsp3) is 0.100. The number of hydrogen-bond donors (Lipinski definition) is 3. The number of aromatic amines is 1. The molecule has 0 unspecified atom stereocenters. The molecule has 1 heterocycles. The lowest BCUT2D eigenvalue weighted by Gasteiger charge is -2.06. The van der Waals surface area contributed by atoms with Crippen molar-refractivity contribution in [3.63, 3.8) is 0 Å². The molecule has 0 spiro atoms. The Kier molecular flexibility index (Phi) is 4.39. The minimum atomic E-state index is 0.540. The summed E-state index contributed by atoms with van der Waals surface area (Å²) in [5.74, 6) is 5.54. The Morgan fingerprint density at radius 3 is 2.80 bits per heavy atom. The summed E-state index contributed by atoms with van der Waals surface area (Å²) in [7, 11) is 0. The third-order valence-electron chi connectivity index (χ3n) is 2.35. The van der Waals surface area contributed by atoms with E-state index in [9.17, 15) is 0 Å². The Morgan fingerprint density at radius 2 is 2.20 bits per heavy atom. The molecule has 4 N–H and O–H groups in total. The number of H-pyrrole nitrogens is 1. The SMILES string of the molecule is Cc1n[nH]c(=S)n1-c1ccc(NOC=NN=NN)cc1. The van der Waals surface area contributed by atoms with Crippen molar-refractivity contribution in [3.8, 4) is 5.69 Å². The first-order chi connectivity index (χ1) is 9.72. The predicted octanol–water partition coefficient (Wildman–Crippen LogP) is 1.85. The summed E-state index contributed by atoms with van der Waals surface area (Å²) in [4.78, 5) is 4.90. The van der Waals surface area contributed by atoms with Gasteiger partial charge in [-0.1, -0.05) is 10.3 Å². The maximum atomic E-state index is 5.16. The molecule has 0 saturated heterocycles. The minimum absolute atomic E-state index is 0.540. The summed E-state index contributed by atoms with van der Waals surface area (Å²) in [6, 6.07) is 7.39. The summed E-state index contributed by atoms with van der Waals surface area (Å²) in [5, 5.41) is 16.3. The van der Waals surface area contributed by atoms with E-state index in [4.69, 9.17) is 22.9 Å². The smallest absolute Gasteiger partial charge is 0.230 e. The third-order valence-corrected chi connectivity index (χ3v) is 2.62. The Morgan fingerprint density at radius 1 is 1.45 bits per heavy atom. The van der Waals surface area contributed by atoms with Gasteiger partial charge in [-0.2, -0.15) is 5.10 Å². The second-order valence-electron chi connectivity index (χ2n) is 3.60. The van der Waals surface area contributed by atoms with Crippen molar-refractivity contribution in [2.45, 2.75) is 6.92 Å². The fourth-order valence-electron chi connectivity index (χ4n) is 1.53. The average molecular weight is 292 g/mol. The van der Waals surface area contributed by atoms with Crippen LogP contribution in [0.25, 0.3) is 5.69 Å². The molecule has 104 valence electrons. The number of nitrogens with two attached hydrogens (primary N) is 1. The molecule has 10 heteroatoms. The lowest BCUT2D eigenvalue weighted by atomic mass is 10.3. The molecule has 0 amide bonds. The Balaban J connectivity index is 2.05. The molecule has 0 bridgehead atoms. The van der Waals surface area contributed by atoms with E-state index in [2.05, 4.69) is 31.2 Å². The summed E-state index contributed by atoms with van der Waals surface area (Å²) >= 11 is 5.16. The van der Waals surface area contributed by atoms with Crippen molar-refractivity contribution in [1.29, 1.82) is 0 Å². The molecule has 2 rings (SSSR count). The van der Waals surface area contributed by atoms with Crippen molar-refractivity contribution in [2.75, 3.05) is 5.48 Å². The molecule has 0 fully saturated rings. The number of anilines is 1. The zero-order valence-corrected chi connectivity index (χ0v) is 11.3. The van der Waals surface area contributed by atoms with Gasteiger partial charge < -0.3 is 10.7 Å². The molecule has 9 nitrogen and oxygen atoms in total. The molecule has 0 radical (unpaired) electrons. The third kappa shape index (κ3) is 3.17. The van der Waals surface area contributed by atoms with Crippen molar-refractivity contribution in [2.24, 2.45) is 21.4 Å². The van der Waals surface area contributed by atoms with Gasteiger partial charge >= 0.3 is 0 Å². The molecule has 20 heavy (non-hydrogen) atoms. The van der Waals surface area contributed by atoms with E-state index >= 15 is 0 Å². The molecular weight excluding hydrogens is 280 g/mol. The molecular formula is C10H12N8OS. The van der Waals surface area contributed by atoms with Crippen LogP contribution >= 0.6 is 12.2 Å². The van der Waals surface area contributed by atoms with Crippen LogP contribution in [-0.2, 0) is 4.84 Å². The van der Waals surface area contributed by atoms with Crippen LogP contribution in [0.2, 0.25) is 0 Å². The largest absolute Gasteiger partial charge is 0.368 e. The molecule has 2 aromatic rings. The van der Waals surface area contributed by atoms with Crippen LogP contribution in [0.4, 0.5) is 5.69 Å². The second-order valence-corrected chi connectivity index (χ2v) is 3.99. The Labute approximate surface area is 119 Å². The van der Waals surface area contributed by atoms with Crippen LogP contribution in [0.1, 0.15) is 5.82 Å². The van der Waals surface area contributed by atoms with E-state index in [1.54, 1.807) is 0 Å². The van der Waals surface area contributed by atoms with E-state index < -0.39 is 0 Å². The quantitative estimate of drug-likeness (QED) is 0.194. The van der Waals surface area contributed by atoms with Crippen LogP contribution in [0.15, 0.2) is 39.8 Å². The molecule has 1 aromatic heterocycles. The lowest BCUT2D eigenvalue weighted by Crippen LogP contribution is -2.00. The van der Waals surface area contributed by atoms with Crippen LogP contribution < -0.4 is 11.3 Å². The lowest BCUT2D eigenvalue weighted by molar-refractivity contribution is 0.410. The average Bonchev–Trinajstić information content (AvgIpc) is 2.79. The van der Waals surface area contributed by atoms with Gasteiger partial charge in [0.2, 0.25) is 6.40 Å². The van der Waals surface area contributed by atoms with Crippen LogP contribution in [0.5, 0.6) is 0 Å². The van der Waals surface area contributed by atoms with Crippen LogP contribution in [0.3, 0.4) is 0 Å². The highest BCUT2D eigenvalue weighted by Gasteiger charge is 2.03. The summed E-state index contributed by atoms with van der Waals surface area (Å²) in [5.41, 5.74) is 4.29. The van der Waals surface area contributed by atoms with Crippen molar-refractivity contribution < 1.29 is 4.84 Å². The van der Waals surface area contributed by atoms with Gasteiger partial charge in [0.1, 0.15) is 5.82 Å². The molecule has 0 saturated carbocycles. The van der Waals surface area contributed by atoms with E-state index in [1.165, 1.54) is 0 Å².